The maximum absolute atomic E-state index is 12.7. The van der Waals surface area contributed by atoms with Crippen molar-refractivity contribution in [3.8, 4) is 5.69 Å². The Morgan fingerprint density at radius 1 is 0.865 bits per heavy atom. The molecule has 8 nitrogen and oxygen atoms in total. The van der Waals surface area contributed by atoms with Gasteiger partial charge in [-0.15, -0.1) is 0 Å². The summed E-state index contributed by atoms with van der Waals surface area (Å²) >= 11 is 0. The minimum absolute atomic E-state index is 0.125. The maximum Gasteiger partial charge on any atom is 0.308 e. The summed E-state index contributed by atoms with van der Waals surface area (Å²) in [5.74, 6) is -1.39. The fourth-order valence-electron chi connectivity index (χ4n) is 3.96. The molecule has 1 atom stereocenters. The normalized spacial score (nSPS) is 11.4. The average molecular weight is 497 g/mol. The van der Waals surface area contributed by atoms with Crippen LogP contribution in [0.5, 0.6) is 0 Å². The fraction of sp³-hybridized carbons (Fsp3) is 0.172. The van der Waals surface area contributed by atoms with Crippen LogP contribution in [0.15, 0.2) is 91.0 Å². The van der Waals surface area contributed by atoms with E-state index in [-0.39, 0.29) is 12.3 Å². The molecule has 0 aliphatic rings. The number of para-hydroxylation sites is 1. The van der Waals surface area contributed by atoms with Crippen molar-refractivity contribution in [1.29, 1.82) is 0 Å². The molecule has 0 saturated heterocycles. The predicted octanol–water partition coefficient (Wildman–Crippen LogP) is 4.53. The first-order valence-corrected chi connectivity index (χ1v) is 11.9. The molecule has 4 aromatic rings. The Morgan fingerprint density at radius 3 is 2.11 bits per heavy atom. The molecule has 0 radical (unpaired) electrons. The van der Waals surface area contributed by atoms with Crippen LogP contribution in [0.3, 0.4) is 0 Å². The summed E-state index contributed by atoms with van der Waals surface area (Å²) < 4.78 is 7.00. The summed E-state index contributed by atoms with van der Waals surface area (Å²) in [7, 11) is 0. The van der Waals surface area contributed by atoms with Crippen molar-refractivity contribution in [2.75, 3.05) is 11.9 Å². The Labute approximate surface area is 215 Å². The van der Waals surface area contributed by atoms with E-state index < -0.39 is 24.5 Å². The van der Waals surface area contributed by atoms with Crippen LogP contribution in [0.25, 0.3) is 5.69 Å². The topological polar surface area (TPSA) is 102 Å². The van der Waals surface area contributed by atoms with Gasteiger partial charge in [-0.1, -0.05) is 66.7 Å². The third kappa shape index (κ3) is 6.49. The van der Waals surface area contributed by atoms with Crippen molar-refractivity contribution < 1.29 is 19.1 Å². The molecular weight excluding hydrogens is 468 g/mol. The van der Waals surface area contributed by atoms with Crippen LogP contribution >= 0.6 is 0 Å². The first-order chi connectivity index (χ1) is 17.9. The predicted molar refractivity (Wildman–Crippen MR) is 140 cm³/mol. The zero-order valence-electron chi connectivity index (χ0n) is 20.7. The number of anilines is 1. The monoisotopic (exact) mass is 496 g/mol. The Balaban J connectivity index is 1.37. The van der Waals surface area contributed by atoms with E-state index in [1.807, 2.05) is 73.7 Å². The van der Waals surface area contributed by atoms with Crippen molar-refractivity contribution in [1.82, 2.24) is 15.1 Å². The van der Waals surface area contributed by atoms with Crippen LogP contribution in [-0.4, -0.2) is 34.2 Å². The number of carbonyl (C=O) groups is 3. The van der Waals surface area contributed by atoms with Crippen molar-refractivity contribution in [2.24, 2.45) is 0 Å². The van der Waals surface area contributed by atoms with E-state index in [0.29, 0.717) is 16.9 Å². The van der Waals surface area contributed by atoms with E-state index in [4.69, 9.17) is 4.74 Å². The molecule has 2 amide bonds. The van der Waals surface area contributed by atoms with Crippen molar-refractivity contribution in [2.45, 2.75) is 26.3 Å². The SMILES string of the molecule is Cc1nn(-c2ccccc2)c(C)c1NC(=O)COC(=O)CC(NC(=O)c1ccccc1)c1ccccc1. The van der Waals surface area contributed by atoms with Crippen molar-refractivity contribution >= 4 is 23.5 Å². The molecule has 1 unspecified atom stereocenters. The highest BCUT2D eigenvalue weighted by atomic mass is 16.5. The lowest BCUT2D eigenvalue weighted by atomic mass is 10.0. The van der Waals surface area contributed by atoms with Crippen LogP contribution in [0.2, 0.25) is 0 Å². The van der Waals surface area contributed by atoms with E-state index in [0.717, 1.165) is 16.9 Å². The van der Waals surface area contributed by atoms with Gasteiger partial charge in [0.1, 0.15) is 0 Å². The molecule has 2 N–H and O–H groups in total. The second kappa shape index (κ2) is 11.8. The third-order valence-corrected chi connectivity index (χ3v) is 5.83. The van der Waals surface area contributed by atoms with E-state index >= 15 is 0 Å². The minimum Gasteiger partial charge on any atom is -0.455 e. The smallest absolute Gasteiger partial charge is 0.308 e. The Bertz CT molecular complexity index is 1370. The number of hydrogen-bond donors (Lipinski definition) is 2. The lowest BCUT2D eigenvalue weighted by molar-refractivity contribution is -0.147. The number of esters is 1. The van der Waals surface area contributed by atoms with Gasteiger partial charge in [-0.05, 0) is 43.7 Å². The first kappa shape index (κ1) is 25.4. The minimum atomic E-state index is -0.613. The zero-order chi connectivity index (χ0) is 26.2. The van der Waals surface area contributed by atoms with Crippen molar-refractivity contribution in [3.05, 3.63) is 114 Å². The Morgan fingerprint density at radius 2 is 1.46 bits per heavy atom. The standard InChI is InChI=1S/C29H28N4O4/c1-20-28(21(2)33(32-20)24-16-10-5-11-17-24)31-26(34)19-37-27(35)18-25(22-12-6-3-7-13-22)30-29(36)23-14-8-4-9-15-23/h3-17,25H,18-19H2,1-2H3,(H,30,36)(H,31,34). The van der Waals surface area contributed by atoms with Crippen LogP contribution in [0, 0.1) is 13.8 Å². The maximum atomic E-state index is 12.7. The largest absolute Gasteiger partial charge is 0.455 e. The van der Waals surface area contributed by atoms with Gasteiger partial charge < -0.3 is 15.4 Å². The van der Waals surface area contributed by atoms with E-state index in [9.17, 15) is 14.4 Å². The number of aryl methyl sites for hydroxylation is 1. The molecule has 0 aliphatic heterocycles. The highest BCUT2D eigenvalue weighted by Crippen LogP contribution is 2.23. The number of rotatable bonds is 9. The van der Waals surface area contributed by atoms with Gasteiger partial charge in [-0.25, -0.2) is 4.68 Å². The fourth-order valence-corrected chi connectivity index (χ4v) is 3.96. The highest BCUT2D eigenvalue weighted by molar-refractivity contribution is 5.95. The van der Waals surface area contributed by atoms with Gasteiger partial charge in [0.05, 0.1) is 35.2 Å². The molecule has 0 spiro atoms. The molecule has 3 aromatic carbocycles. The molecule has 0 bridgehead atoms. The lowest BCUT2D eigenvalue weighted by Gasteiger charge is -2.19. The Kier molecular flexibility index (Phi) is 8.10. The average Bonchev–Trinajstić information content (AvgIpc) is 3.21. The number of nitrogens with zero attached hydrogens (tertiary/aromatic N) is 2. The number of benzene rings is 3. The third-order valence-electron chi connectivity index (χ3n) is 5.83. The van der Waals surface area contributed by atoms with Gasteiger partial charge in [0, 0.05) is 5.56 Å². The molecule has 0 saturated carbocycles. The van der Waals surface area contributed by atoms with Gasteiger partial charge in [0.25, 0.3) is 11.8 Å². The number of aromatic nitrogens is 2. The molecule has 8 heteroatoms. The quantitative estimate of drug-likeness (QED) is 0.332. The van der Waals surface area contributed by atoms with Crippen LogP contribution in [0.4, 0.5) is 5.69 Å². The van der Waals surface area contributed by atoms with Gasteiger partial charge in [-0.2, -0.15) is 5.10 Å². The number of carbonyl (C=O) groups excluding carboxylic acids is 3. The summed E-state index contributed by atoms with van der Waals surface area (Å²) in [6.45, 7) is 3.20. The van der Waals surface area contributed by atoms with Crippen LogP contribution < -0.4 is 10.6 Å². The van der Waals surface area contributed by atoms with Gasteiger partial charge in [0.15, 0.2) is 6.61 Å². The Hall–Kier alpha value is -4.72. The molecular formula is C29H28N4O4. The lowest BCUT2D eigenvalue weighted by Crippen LogP contribution is -2.31. The first-order valence-electron chi connectivity index (χ1n) is 11.9. The molecule has 188 valence electrons. The molecule has 0 fully saturated rings. The molecule has 0 aliphatic carbocycles. The second-order valence-corrected chi connectivity index (χ2v) is 8.51. The zero-order valence-corrected chi connectivity index (χ0v) is 20.7. The van der Waals surface area contributed by atoms with E-state index in [1.54, 1.807) is 35.9 Å². The summed E-state index contributed by atoms with van der Waals surface area (Å²) in [4.78, 5) is 38.0. The summed E-state index contributed by atoms with van der Waals surface area (Å²) in [6.07, 6.45) is -0.125. The summed E-state index contributed by atoms with van der Waals surface area (Å²) in [5, 5.41) is 10.2. The number of nitrogens with one attached hydrogen (secondary N) is 2. The second-order valence-electron chi connectivity index (χ2n) is 8.51. The summed E-state index contributed by atoms with van der Waals surface area (Å²) in [6, 6.07) is 26.9. The summed E-state index contributed by atoms with van der Waals surface area (Å²) in [5.41, 5.74) is 4.09. The van der Waals surface area contributed by atoms with Crippen molar-refractivity contribution in [3.63, 3.8) is 0 Å². The van der Waals surface area contributed by atoms with E-state index in [1.165, 1.54) is 0 Å². The highest BCUT2D eigenvalue weighted by Gasteiger charge is 2.21. The van der Waals surface area contributed by atoms with Crippen LogP contribution in [0.1, 0.15) is 39.8 Å². The molecule has 1 heterocycles. The number of ether oxygens (including phenoxy) is 1. The van der Waals surface area contributed by atoms with E-state index in [2.05, 4.69) is 15.7 Å². The van der Waals surface area contributed by atoms with Gasteiger partial charge in [-0.3, -0.25) is 14.4 Å². The molecule has 37 heavy (non-hydrogen) atoms. The van der Waals surface area contributed by atoms with Crippen LogP contribution in [-0.2, 0) is 14.3 Å². The molecule has 4 rings (SSSR count). The number of amides is 2. The number of hydrogen-bond acceptors (Lipinski definition) is 5. The molecule has 1 aromatic heterocycles. The van der Waals surface area contributed by atoms with Gasteiger partial charge >= 0.3 is 5.97 Å². The van der Waals surface area contributed by atoms with Gasteiger partial charge in [0.2, 0.25) is 0 Å².